The monoisotopic (exact) mass is 362 g/mol. The third-order valence-electron chi connectivity index (χ3n) is 5.46. The van der Waals surface area contributed by atoms with Crippen LogP contribution in [0.3, 0.4) is 0 Å². The van der Waals surface area contributed by atoms with E-state index in [0.717, 1.165) is 18.9 Å². The summed E-state index contributed by atoms with van der Waals surface area (Å²) >= 11 is 0. The topological polar surface area (TPSA) is 83.0 Å². The first kappa shape index (κ1) is 18.9. The van der Waals surface area contributed by atoms with Crippen molar-refractivity contribution in [1.82, 2.24) is 15.5 Å². The molecule has 0 spiro atoms. The lowest BCUT2D eigenvalue weighted by molar-refractivity contribution is -0.140. The Morgan fingerprint density at radius 1 is 1.19 bits per heavy atom. The van der Waals surface area contributed by atoms with Gasteiger partial charge in [-0.3, -0.25) is 19.5 Å². The molecule has 2 fully saturated rings. The zero-order valence-electron chi connectivity index (χ0n) is 15.7. The van der Waals surface area contributed by atoms with Crippen LogP contribution in [0.4, 0.5) is 0 Å². The molecular formula is C19H30N4O3. The van der Waals surface area contributed by atoms with Crippen molar-refractivity contribution in [2.24, 2.45) is 28.7 Å². The Hall–Kier alpha value is -1.89. The first-order chi connectivity index (χ1) is 12.7. The van der Waals surface area contributed by atoms with E-state index in [1.54, 1.807) is 0 Å². The van der Waals surface area contributed by atoms with Crippen LogP contribution in [0.5, 0.6) is 0 Å². The molecule has 0 radical (unpaired) electrons. The van der Waals surface area contributed by atoms with Gasteiger partial charge in [-0.25, -0.2) is 0 Å². The summed E-state index contributed by atoms with van der Waals surface area (Å²) in [7, 11) is 0. The molecule has 2 bridgehead atoms. The molecule has 26 heavy (non-hydrogen) atoms. The Morgan fingerprint density at radius 3 is 2.50 bits per heavy atom. The second kappa shape index (κ2) is 8.66. The fraction of sp³-hybridized carbons (Fsp3) is 0.737. The van der Waals surface area contributed by atoms with Crippen LogP contribution in [0, 0.1) is 23.7 Å². The quantitative estimate of drug-likeness (QED) is 0.208. The molecule has 0 aromatic heterocycles. The number of rotatable bonds is 9. The maximum Gasteiger partial charge on any atom is 0.233 e. The number of carbonyl (C=O) groups excluding carboxylic acids is 2. The van der Waals surface area contributed by atoms with E-state index in [4.69, 9.17) is 4.74 Å². The summed E-state index contributed by atoms with van der Waals surface area (Å²) in [6.07, 6.45) is 5.91. The van der Waals surface area contributed by atoms with Gasteiger partial charge in [0.05, 0.1) is 18.4 Å². The summed E-state index contributed by atoms with van der Waals surface area (Å²) < 4.78 is 5.31. The van der Waals surface area contributed by atoms with Crippen molar-refractivity contribution in [3.8, 4) is 0 Å². The number of ether oxygens (including phenoxy) is 1. The van der Waals surface area contributed by atoms with E-state index in [1.165, 1.54) is 4.90 Å². The Kier molecular flexibility index (Phi) is 6.29. The number of fused-ring (bicyclic) bond motifs is 5. The van der Waals surface area contributed by atoms with Gasteiger partial charge >= 0.3 is 0 Å². The molecule has 1 saturated carbocycles. The SMILES string of the molecule is CCNC(=NCCCN1C(=O)C2C3C=CC(C3)C2C1=O)NCCOCC. The number of aliphatic imine (C=N–C) groups is 1. The molecule has 1 saturated heterocycles. The van der Waals surface area contributed by atoms with Crippen molar-refractivity contribution in [2.45, 2.75) is 26.7 Å². The number of imide groups is 1. The highest BCUT2D eigenvalue weighted by atomic mass is 16.5. The fourth-order valence-electron chi connectivity index (χ4n) is 4.33. The smallest absolute Gasteiger partial charge is 0.233 e. The maximum atomic E-state index is 12.6. The van der Waals surface area contributed by atoms with E-state index in [2.05, 4.69) is 27.8 Å². The summed E-state index contributed by atoms with van der Waals surface area (Å²) in [5.74, 6) is 1.16. The normalized spacial score (nSPS) is 29.6. The number of nitrogens with zero attached hydrogens (tertiary/aromatic N) is 2. The van der Waals surface area contributed by atoms with Gasteiger partial charge in [0.15, 0.2) is 5.96 Å². The molecule has 4 unspecified atom stereocenters. The van der Waals surface area contributed by atoms with Crippen LogP contribution < -0.4 is 10.6 Å². The van der Waals surface area contributed by atoms with Crippen molar-refractivity contribution in [3.63, 3.8) is 0 Å². The summed E-state index contributed by atoms with van der Waals surface area (Å²) in [6, 6.07) is 0. The summed E-state index contributed by atoms with van der Waals surface area (Å²) in [5, 5.41) is 6.40. The molecule has 2 N–H and O–H groups in total. The first-order valence-electron chi connectivity index (χ1n) is 9.80. The number of guanidine groups is 1. The van der Waals surface area contributed by atoms with Crippen molar-refractivity contribution >= 4 is 17.8 Å². The van der Waals surface area contributed by atoms with E-state index in [9.17, 15) is 9.59 Å². The first-order valence-corrected chi connectivity index (χ1v) is 9.80. The number of likely N-dealkylation sites (tertiary alicyclic amines) is 1. The third-order valence-corrected chi connectivity index (χ3v) is 5.46. The van der Waals surface area contributed by atoms with E-state index >= 15 is 0 Å². The van der Waals surface area contributed by atoms with Crippen LogP contribution in [0.2, 0.25) is 0 Å². The molecule has 4 atom stereocenters. The largest absolute Gasteiger partial charge is 0.380 e. The standard InChI is InChI=1S/C19H30N4O3/c1-3-20-19(22-9-11-26-4-2)21-8-5-10-23-17(24)15-13-6-7-14(12-13)16(15)18(23)25/h6-7,13-16H,3-5,8-12H2,1-2H3,(H2,20,21,22). The minimum Gasteiger partial charge on any atom is -0.380 e. The van der Waals surface area contributed by atoms with Gasteiger partial charge in [-0.2, -0.15) is 0 Å². The summed E-state index contributed by atoms with van der Waals surface area (Å²) in [5.41, 5.74) is 0. The molecule has 7 heteroatoms. The van der Waals surface area contributed by atoms with Crippen molar-refractivity contribution in [1.29, 1.82) is 0 Å². The molecule has 2 aliphatic carbocycles. The lowest BCUT2D eigenvalue weighted by Crippen LogP contribution is -2.39. The van der Waals surface area contributed by atoms with E-state index < -0.39 is 0 Å². The van der Waals surface area contributed by atoms with Gasteiger partial charge in [-0.1, -0.05) is 12.2 Å². The minimum atomic E-state index is -0.0986. The summed E-state index contributed by atoms with van der Waals surface area (Å²) in [6.45, 7) is 7.83. The number of nitrogens with one attached hydrogen (secondary N) is 2. The van der Waals surface area contributed by atoms with E-state index in [-0.39, 0.29) is 35.5 Å². The molecule has 3 rings (SSSR count). The zero-order chi connectivity index (χ0) is 18.5. The minimum absolute atomic E-state index is 0.0302. The fourth-order valence-corrected chi connectivity index (χ4v) is 4.33. The average molecular weight is 362 g/mol. The van der Waals surface area contributed by atoms with Gasteiger partial charge in [0.25, 0.3) is 0 Å². The van der Waals surface area contributed by atoms with E-state index in [1.807, 2.05) is 13.8 Å². The highest BCUT2D eigenvalue weighted by Gasteiger charge is 2.58. The average Bonchev–Trinajstić information content (AvgIpc) is 3.31. The predicted molar refractivity (Wildman–Crippen MR) is 99.5 cm³/mol. The molecule has 7 nitrogen and oxygen atoms in total. The lowest BCUT2D eigenvalue weighted by atomic mass is 9.85. The van der Waals surface area contributed by atoms with Crippen LogP contribution in [0.1, 0.15) is 26.7 Å². The van der Waals surface area contributed by atoms with Crippen LogP contribution >= 0.6 is 0 Å². The highest BCUT2D eigenvalue weighted by molar-refractivity contribution is 6.06. The number of amides is 2. The van der Waals surface area contributed by atoms with Crippen molar-refractivity contribution in [2.75, 3.05) is 39.4 Å². The van der Waals surface area contributed by atoms with Crippen molar-refractivity contribution < 1.29 is 14.3 Å². The number of hydrogen-bond acceptors (Lipinski definition) is 4. The van der Waals surface area contributed by atoms with Crippen LogP contribution in [-0.2, 0) is 14.3 Å². The van der Waals surface area contributed by atoms with Gasteiger partial charge in [0, 0.05) is 32.8 Å². The number of allylic oxidation sites excluding steroid dienone is 2. The second-order valence-corrected chi connectivity index (χ2v) is 7.07. The van der Waals surface area contributed by atoms with Gasteiger partial charge in [-0.05, 0) is 38.5 Å². The van der Waals surface area contributed by atoms with Crippen molar-refractivity contribution in [3.05, 3.63) is 12.2 Å². The Bertz CT molecular complexity index is 559. The van der Waals surface area contributed by atoms with Crippen LogP contribution in [0.25, 0.3) is 0 Å². The third kappa shape index (κ3) is 3.77. The Morgan fingerprint density at radius 2 is 1.88 bits per heavy atom. The summed E-state index contributed by atoms with van der Waals surface area (Å²) in [4.78, 5) is 31.2. The second-order valence-electron chi connectivity index (χ2n) is 7.07. The van der Waals surface area contributed by atoms with Gasteiger partial charge < -0.3 is 15.4 Å². The van der Waals surface area contributed by atoms with Gasteiger partial charge in [0.2, 0.25) is 11.8 Å². The molecule has 0 aromatic rings. The Balaban J connectivity index is 1.45. The highest BCUT2D eigenvalue weighted by Crippen LogP contribution is 2.52. The number of carbonyl (C=O) groups is 2. The molecule has 144 valence electrons. The Labute approximate surface area is 155 Å². The molecule has 1 aliphatic heterocycles. The lowest BCUT2D eigenvalue weighted by Gasteiger charge is -2.17. The molecule has 2 amide bonds. The van der Waals surface area contributed by atoms with E-state index in [0.29, 0.717) is 39.3 Å². The van der Waals surface area contributed by atoms with Gasteiger partial charge in [0.1, 0.15) is 0 Å². The maximum absolute atomic E-state index is 12.6. The predicted octanol–water partition coefficient (Wildman–Crippen LogP) is 0.775. The zero-order valence-corrected chi connectivity index (χ0v) is 15.7. The molecule has 0 aromatic carbocycles. The van der Waals surface area contributed by atoms with Gasteiger partial charge in [-0.15, -0.1) is 0 Å². The number of hydrogen-bond donors (Lipinski definition) is 2. The molecule has 1 heterocycles. The van der Waals surface area contributed by atoms with Crippen LogP contribution in [0.15, 0.2) is 17.1 Å². The molecular weight excluding hydrogens is 332 g/mol. The van der Waals surface area contributed by atoms with Crippen LogP contribution in [-0.4, -0.2) is 62.1 Å². The molecule has 3 aliphatic rings.